The Morgan fingerprint density at radius 2 is 2.05 bits per heavy atom. The minimum Gasteiger partial charge on any atom is -0.508 e. The third-order valence-corrected chi connectivity index (χ3v) is 2.62. The molecule has 0 spiro atoms. The molecule has 2 aromatic rings. The van der Waals surface area contributed by atoms with Gasteiger partial charge in [-0.15, -0.1) is 0 Å². The molecule has 0 unspecified atom stereocenters. The number of phenols is 1. The van der Waals surface area contributed by atoms with Crippen molar-refractivity contribution in [2.24, 2.45) is 0 Å². The van der Waals surface area contributed by atoms with Crippen LogP contribution in [0, 0.1) is 0 Å². The number of carbonyl (C=O) groups is 1. The number of nitrogen functional groups attached to an aromatic ring is 1. The van der Waals surface area contributed by atoms with E-state index in [0.29, 0.717) is 22.7 Å². The minimum atomic E-state index is -0.295. The summed E-state index contributed by atoms with van der Waals surface area (Å²) in [5, 5.41) is 11.9. The Bertz CT molecular complexity index is 611. The quantitative estimate of drug-likeness (QED) is 0.582. The van der Waals surface area contributed by atoms with Gasteiger partial charge in [0.1, 0.15) is 11.5 Å². The monoisotopic (exact) mass is 258 g/mol. The number of methoxy groups -OCH3 is 1. The second-order valence-electron chi connectivity index (χ2n) is 3.96. The first kappa shape index (κ1) is 12.8. The normalized spacial score (nSPS) is 9.95. The van der Waals surface area contributed by atoms with Crippen LogP contribution in [-0.2, 0) is 0 Å². The number of nitrogens with two attached hydrogens (primary N) is 1. The van der Waals surface area contributed by atoms with Gasteiger partial charge in [-0.2, -0.15) is 0 Å². The van der Waals surface area contributed by atoms with Crippen molar-refractivity contribution in [3.63, 3.8) is 0 Å². The molecule has 4 N–H and O–H groups in total. The molecule has 0 fully saturated rings. The highest BCUT2D eigenvalue weighted by atomic mass is 16.5. The lowest BCUT2D eigenvalue weighted by atomic mass is 10.2. The summed E-state index contributed by atoms with van der Waals surface area (Å²) in [6, 6.07) is 11.2. The third kappa shape index (κ3) is 2.95. The van der Waals surface area contributed by atoms with Crippen LogP contribution in [-0.4, -0.2) is 18.1 Å². The maximum Gasteiger partial charge on any atom is 0.255 e. The Kier molecular flexibility index (Phi) is 3.56. The standard InChI is InChI=1S/C14H14N2O3/c1-19-11-4-2-3-9(7-11)14(18)16-13-6-5-10(17)8-12(13)15/h2-8,17H,15H2,1H3,(H,16,18). The number of ether oxygens (including phenoxy) is 1. The van der Waals surface area contributed by atoms with Crippen LogP contribution >= 0.6 is 0 Å². The molecular weight excluding hydrogens is 244 g/mol. The van der Waals surface area contributed by atoms with Gasteiger partial charge in [0.2, 0.25) is 0 Å². The first-order chi connectivity index (χ1) is 9.10. The number of hydrogen-bond donors (Lipinski definition) is 3. The summed E-state index contributed by atoms with van der Waals surface area (Å²) in [5.41, 5.74) is 6.92. The molecule has 0 heterocycles. The Hall–Kier alpha value is -2.69. The summed E-state index contributed by atoms with van der Waals surface area (Å²) in [6.07, 6.45) is 0. The van der Waals surface area contributed by atoms with Crippen molar-refractivity contribution in [2.45, 2.75) is 0 Å². The van der Waals surface area contributed by atoms with Crippen molar-refractivity contribution in [1.82, 2.24) is 0 Å². The molecule has 1 amide bonds. The Balaban J connectivity index is 2.20. The molecule has 19 heavy (non-hydrogen) atoms. The van der Waals surface area contributed by atoms with Gasteiger partial charge in [0.25, 0.3) is 5.91 Å². The number of aromatic hydroxyl groups is 1. The molecule has 0 aromatic heterocycles. The van der Waals surface area contributed by atoms with E-state index in [9.17, 15) is 9.90 Å². The summed E-state index contributed by atoms with van der Waals surface area (Å²) in [4.78, 5) is 12.0. The molecule has 0 saturated heterocycles. The number of phenolic OH excluding ortho intramolecular Hbond substituents is 1. The summed E-state index contributed by atoms with van der Waals surface area (Å²) < 4.78 is 5.06. The fraction of sp³-hybridized carbons (Fsp3) is 0.0714. The zero-order valence-electron chi connectivity index (χ0n) is 10.4. The molecule has 5 heteroatoms. The lowest BCUT2D eigenvalue weighted by Crippen LogP contribution is -2.13. The van der Waals surface area contributed by atoms with Gasteiger partial charge < -0.3 is 20.9 Å². The molecule has 5 nitrogen and oxygen atoms in total. The molecule has 2 rings (SSSR count). The molecule has 0 aliphatic heterocycles. The van der Waals surface area contributed by atoms with Gasteiger partial charge in [-0.1, -0.05) is 6.07 Å². The second-order valence-corrected chi connectivity index (χ2v) is 3.96. The van der Waals surface area contributed by atoms with Gasteiger partial charge in [0, 0.05) is 11.6 Å². The molecule has 98 valence electrons. The summed E-state index contributed by atoms with van der Waals surface area (Å²) in [5.74, 6) is 0.361. The number of carbonyl (C=O) groups excluding carboxylic acids is 1. The van der Waals surface area contributed by atoms with Gasteiger partial charge in [0.15, 0.2) is 0 Å². The van der Waals surface area contributed by atoms with Gasteiger partial charge in [-0.05, 0) is 30.3 Å². The number of amides is 1. The highest BCUT2D eigenvalue weighted by Gasteiger charge is 2.09. The van der Waals surface area contributed by atoms with E-state index in [4.69, 9.17) is 10.5 Å². The van der Waals surface area contributed by atoms with Crippen LogP contribution in [0.2, 0.25) is 0 Å². The average Bonchev–Trinajstić information content (AvgIpc) is 2.42. The maximum atomic E-state index is 12.0. The van der Waals surface area contributed by atoms with Crippen LogP contribution in [0.4, 0.5) is 11.4 Å². The van der Waals surface area contributed by atoms with Crippen molar-refractivity contribution in [1.29, 1.82) is 0 Å². The molecule has 0 atom stereocenters. The highest BCUT2D eigenvalue weighted by Crippen LogP contribution is 2.24. The molecule has 0 bridgehead atoms. The average molecular weight is 258 g/mol. The Labute approximate surface area is 110 Å². The molecule has 2 aromatic carbocycles. The fourth-order valence-electron chi connectivity index (χ4n) is 1.62. The smallest absolute Gasteiger partial charge is 0.255 e. The lowest BCUT2D eigenvalue weighted by Gasteiger charge is -2.09. The van der Waals surface area contributed by atoms with E-state index in [2.05, 4.69) is 5.32 Å². The Morgan fingerprint density at radius 3 is 2.74 bits per heavy atom. The SMILES string of the molecule is COc1cccc(C(=O)Nc2ccc(O)cc2N)c1. The zero-order chi connectivity index (χ0) is 13.8. The largest absolute Gasteiger partial charge is 0.508 e. The molecule has 0 aliphatic rings. The number of benzene rings is 2. The molecule has 0 radical (unpaired) electrons. The second kappa shape index (κ2) is 5.30. The van der Waals surface area contributed by atoms with E-state index < -0.39 is 0 Å². The topological polar surface area (TPSA) is 84.6 Å². The summed E-state index contributed by atoms with van der Waals surface area (Å²) >= 11 is 0. The van der Waals surface area contributed by atoms with Crippen molar-refractivity contribution in [3.05, 3.63) is 48.0 Å². The molecule has 0 saturated carbocycles. The van der Waals surface area contributed by atoms with E-state index in [1.54, 1.807) is 30.3 Å². The van der Waals surface area contributed by atoms with Crippen molar-refractivity contribution in [2.75, 3.05) is 18.2 Å². The van der Waals surface area contributed by atoms with E-state index in [-0.39, 0.29) is 11.7 Å². The highest BCUT2D eigenvalue weighted by molar-refractivity contribution is 6.06. The van der Waals surface area contributed by atoms with Crippen molar-refractivity contribution in [3.8, 4) is 11.5 Å². The van der Waals surface area contributed by atoms with Crippen LogP contribution in [0.5, 0.6) is 11.5 Å². The van der Waals surface area contributed by atoms with Crippen LogP contribution in [0.1, 0.15) is 10.4 Å². The van der Waals surface area contributed by atoms with E-state index >= 15 is 0 Å². The Morgan fingerprint density at radius 1 is 1.26 bits per heavy atom. The van der Waals surface area contributed by atoms with E-state index in [1.807, 2.05) is 0 Å². The predicted molar refractivity (Wildman–Crippen MR) is 73.5 cm³/mol. The fourth-order valence-corrected chi connectivity index (χ4v) is 1.62. The maximum absolute atomic E-state index is 12.0. The van der Waals surface area contributed by atoms with Gasteiger partial charge in [-0.3, -0.25) is 4.79 Å². The van der Waals surface area contributed by atoms with Crippen LogP contribution in [0.3, 0.4) is 0 Å². The lowest BCUT2D eigenvalue weighted by molar-refractivity contribution is 0.102. The van der Waals surface area contributed by atoms with Crippen LogP contribution in [0.25, 0.3) is 0 Å². The van der Waals surface area contributed by atoms with Gasteiger partial charge >= 0.3 is 0 Å². The summed E-state index contributed by atoms with van der Waals surface area (Å²) in [7, 11) is 1.54. The first-order valence-corrected chi connectivity index (χ1v) is 5.64. The number of rotatable bonds is 3. The zero-order valence-corrected chi connectivity index (χ0v) is 10.4. The van der Waals surface area contributed by atoms with Crippen LogP contribution < -0.4 is 15.8 Å². The minimum absolute atomic E-state index is 0.0527. The molecule has 0 aliphatic carbocycles. The summed E-state index contributed by atoms with van der Waals surface area (Å²) in [6.45, 7) is 0. The van der Waals surface area contributed by atoms with Gasteiger partial charge in [-0.25, -0.2) is 0 Å². The predicted octanol–water partition coefficient (Wildman–Crippen LogP) is 2.24. The molecular formula is C14H14N2O3. The number of hydrogen-bond acceptors (Lipinski definition) is 4. The van der Waals surface area contributed by atoms with E-state index in [0.717, 1.165) is 0 Å². The van der Waals surface area contributed by atoms with Crippen molar-refractivity contribution < 1.29 is 14.6 Å². The number of nitrogens with one attached hydrogen (secondary N) is 1. The first-order valence-electron chi connectivity index (χ1n) is 5.64. The number of anilines is 2. The van der Waals surface area contributed by atoms with Gasteiger partial charge in [0.05, 0.1) is 18.5 Å². The van der Waals surface area contributed by atoms with E-state index in [1.165, 1.54) is 19.2 Å². The van der Waals surface area contributed by atoms with Crippen molar-refractivity contribution >= 4 is 17.3 Å². The van der Waals surface area contributed by atoms with Crippen LogP contribution in [0.15, 0.2) is 42.5 Å². The third-order valence-electron chi connectivity index (χ3n) is 2.62.